The largest absolute Gasteiger partial charge is 0.450 e. The molecule has 1 aromatic rings. The summed E-state index contributed by atoms with van der Waals surface area (Å²) in [4.78, 5) is 37.8. The van der Waals surface area contributed by atoms with E-state index in [0.29, 0.717) is 32.5 Å². The Bertz CT molecular complexity index is 668. The number of rotatable bonds is 4. The van der Waals surface area contributed by atoms with E-state index < -0.39 is 5.92 Å². The van der Waals surface area contributed by atoms with E-state index in [-0.39, 0.29) is 30.4 Å². The molecule has 0 saturated carbocycles. The van der Waals surface area contributed by atoms with Crippen LogP contribution in [0.15, 0.2) is 24.3 Å². The van der Waals surface area contributed by atoms with Crippen LogP contribution in [0.1, 0.15) is 37.7 Å². The van der Waals surface area contributed by atoms with Crippen LogP contribution in [0.4, 0.5) is 10.5 Å². The molecule has 2 heterocycles. The SMILES string of the molecule is CCOC(=O)N1CCC(NC(=O)CC2C(=O)Nc3ccccc32)CC1. The summed E-state index contributed by atoms with van der Waals surface area (Å²) in [5.41, 5.74) is 1.66. The maximum absolute atomic E-state index is 12.3. The minimum absolute atomic E-state index is 0.0258. The smallest absolute Gasteiger partial charge is 0.409 e. The molecule has 7 heteroatoms. The lowest BCUT2D eigenvalue weighted by molar-refractivity contribution is -0.125. The predicted molar refractivity (Wildman–Crippen MR) is 92.2 cm³/mol. The molecule has 1 unspecified atom stereocenters. The van der Waals surface area contributed by atoms with Gasteiger partial charge in [-0.25, -0.2) is 4.79 Å². The first-order chi connectivity index (χ1) is 12.1. The van der Waals surface area contributed by atoms with Gasteiger partial charge in [0.2, 0.25) is 11.8 Å². The number of carbonyl (C=O) groups excluding carboxylic acids is 3. The molecule has 3 rings (SSSR count). The topological polar surface area (TPSA) is 87.7 Å². The van der Waals surface area contributed by atoms with E-state index in [0.717, 1.165) is 11.3 Å². The first-order valence-electron chi connectivity index (χ1n) is 8.69. The average molecular weight is 345 g/mol. The second-order valence-corrected chi connectivity index (χ2v) is 6.36. The summed E-state index contributed by atoms with van der Waals surface area (Å²) in [5.74, 6) is -0.698. The van der Waals surface area contributed by atoms with Crippen LogP contribution in [-0.2, 0) is 14.3 Å². The lowest BCUT2D eigenvalue weighted by atomic mass is 9.96. The van der Waals surface area contributed by atoms with Crippen LogP contribution in [0.2, 0.25) is 0 Å². The van der Waals surface area contributed by atoms with Crippen molar-refractivity contribution in [1.82, 2.24) is 10.2 Å². The molecule has 0 bridgehead atoms. The molecule has 1 fully saturated rings. The number of para-hydroxylation sites is 1. The highest BCUT2D eigenvalue weighted by atomic mass is 16.6. The molecule has 134 valence electrons. The number of amides is 3. The van der Waals surface area contributed by atoms with Gasteiger partial charge in [-0.3, -0.25) is 9.59 Å². The van der Waals surface area contributed by atoms with E-state index in [2.05, 4.69) is 10.6 Å². The van der Waals surface area contributed by atoms with Gasteiger partial charge < -0.3 is 20.3 Å². The summed E-state index contributed by atoms with van der Waals surface area (Å²) >= 11 is 0. The zero-order valence-electron chi connectivity index (χ0n) is 14.3. The van der Waals surface area contributed by atoms with Crippen molar-refractivity contribution in [3.8, 4) is 0 Å². The van der Waals surface area contributed by atoms with Gasteiger partial charge in [-0.2, -0.15) is 0 Å². The van der Waals surface area contributed by atoms with E-state index in [1.54, 1.807) is 11.8 Å². The summed E-state index contributed by atoms with van der Waals surface area (Å²) in [6.07, 6.45) is 1.23. The lowest BCUT2D eigenvalue weighted by Gasteiger charge is -2.31. The summed E-state index contributed by atoms with van der Waals surface area (Å²) in [5, 5.41) is 5.80. The van der Waals surface area contributed by atoms with Gasteiger partial charge in [-0.05, 0) is 31.4 Å². The summed E-state index contributed by atoms with van der Waals surface area (Å²) in [6.45, 7) is 3.27. The third-order valence-electron chi connectivity index (χ3n) is 4.69. The van der Waals surface area contributed by atoms with Crippen molar-refractivity contribution in [2.24, 2.45) is 0 Å². The van der Waals surface area contributed by atoms with Crippen molar-refractivity contribution in [1.29, 1.82) is 0 Å². The van der Waals surface area contributed by atoms with Gasteiger partial charge in [0.1, 0.15) is 0 Å². The van der Waals surface area contributed by atoms with Gasteiger partial charge in [0.15, 0.2) is 0 Å². The van der Waals surface area contributed by atoms with Crippen LogP contribution in [0, 0.1) is 0 Å². The molecule has 3 amide bonds. The van der Waals surface area contributed by atoms with Gasteiger partial charge in [0.05, 0.1) is 12.5 Å². The first kappa shape index (κ1) is 17.3. The number of anilines is 1. The Balaban J connectivity index is 1.49. The Morgan fingerprint density at radius 3 is 2.72 bits per heavy atom. The monoisotopic (exact) mass is 345 g/mol. The molecule has 25 heavy (non-hydrogen) atoms. The molecule has 0 spiro atoms. The minimum atomic E-state index is -0.434. The second-order valence-electron chi connectivity index (χ2n) is 6.36. The van der Waals surface area contributed by atoms with Crippen LogP contribution in [-0.4, -0.2) is 48.5 Å². The Morgan fingerprint density at radius 1 is 1.28 bits per heavy atom. The fourth-order valence-electron chi connectivity index (χ4n) is 3.37. The van der Waals surface area contributed by atoms with Crippen LogP contribution in [0.5, 0.6) is 0 Å². The van der Waals surface area contributed by atoms with Crippen molar-refractivity contribution in [3.05, 3.63) is 29.8 Å². The number of nitrogens with one attached hydrogen (secondary N) is 2. The number of piperidine rings is 1. The molecule has 2 aliphatic heterocycles. The van der Waals surface area contributed by atoms with Crippen LogP contribution < -0.4 is 10.6 Å². The van der Waals surface area contributed by atoms with Crippen LogP contribution in [0.3, 0.4) is 0 Å². The number of ether oxygens (including phenoxy) is 1. The van der Waals surface area contributed by atoms with Gasteiger partial charge in [-0.1, -0.05) is 18.2 Å². The number of carbonyl (C=O) groups is 3. The second kappa shape index (κ2) is 7.55. The fraction of sp³-hybridized carbons (Fsp3) is 0.500. The van der Waals surface area contributed by atoms with Crippen molar-refractivity contribution < 1.29 is 19.1 Å². The standard InChI is InChI=1S/C18H23N3O4/c1-2-25-18(24)21-9-7-12(8-10-21)19-16(22)11-14-13-5-3-4-6-15(13)20-17(14)23/h3-6,12,14H,2,7-11H2,1H3,(H,19,22)(H,20,23). The van der Waals surface area contributed by atoms with Gasteiger partial charge in [0, 0.05) is 31.2 Å². The number of hydrogen-bond acceptors (Lipinski definition) is 4. The Hall–Kier alpha value is -2.57. The van der Waals surface area contributed by atoms with Crippen molar-refractivity contribution in [2.75, 3.05) is 25.0 Å². The normalized spacial score (nSPS) is 20.0. The highest BCUT2D eigenvalue weighted by Gasteiger charge is 2.33. The molecule has 1 aromatic carbocycles. The maximum atomic E-state index is 12.3. The summed E-state index contributed by atoms with van der Waals surface area (Å²) in [6, 6.07) is 7.48. The number of fused-ring (bicyclic) bond motifs is 1. The summed E-state index contributed by atoms with van der Waals surface area (Å²) < 4.78 is 4.99. The first-order valence-corrected chi connectivity index (χ1v) is 8.69. The highest BCUT2D eigenvalue weighted by molar-refractivity contribution is 6.04. The number of hydrogen-bond donors (Lipinski definition) is 2. The number of likely N-dealkylation sites (tertiary alicyclic amines) is 1. The third kappa shape index (κ3) is 3.92. The zero-order valence-corrected chi connectivity index (χ0v) is 14.3. The molecule has 7 nitrogen and oxygen atoms in total. The van der Waals surface area contributed by atoms with E-state index in [9.17, 15) is 14.4 Å². The molecule has 2 N–H and O–H groups in total. The molecule has 1 saturated heterocycles. The molecule has 0 aliphatic carbocycles. The van der Waals surface area contributed by atoms with Gasteiger partial charge >= 0.3 is 6.09 Å². The Kier molecular flexibility index (Phi) is 5.21. The zero-order chi connectivity index (χ0) is 17.8. The van der Waals surface area contributed by atoms with Crippen molar-refractivity contribution in [2.45, 2.75) is 38.1 Å². The molecule has 0 aromatic heterocycles. The van der Waals surface area contributed by atoms with Crippen molar-refractivity contribution in [3.63, 3.8) is 0 Å². The molecule has 0 radical (unpaired) electrons. The minimum Gasteiger partial charge on any atom is -0.450 e. The predicted octanol–water partition coefficient (Wildman–Crippen LogP) is 1.85. The average Bonchev–Trinajstić information content (AvgIpc) is 2.91. The number of benzene rings is 1. The maximum Gasteiger partial charge on any atom is 0.409 e. The van der Waals surface area contributed by atoms with E-state index in [1.165, 1.54) is 0 Å². The quantitative estimate of drug-likeness (QED) is 0.872. The fourth-order valence-corrected chi connectivity index (χ4v) is 3.37. The Morgan fingerprint density at radius 2 is 2.00 bits per heavy atom. The number of nitrogens with zero attached hydrogens (tertiary/aromatic N) is 1. The molecule has 2 aliphatic rings. The van der Waals surface area contributed by atoms with Crippen LogP contribution in [0.25, 0.3) is 0 Å². The molecule has 1 atom stereocenters. The lowest BCUT2D eigenvalue weighted by Crippen LogP contribution is -2.47. The van der Waals surface area contributed by atoms with Gasteiger partial charge in [-0.15, -0.1) is 0 Å². The summed E-state index contributed by atoms with van der Waals surface area (Å²) in [7, 11) is 0. The van der Waals surface area contributed by atoms with E-state index in [4.69, 9.17) is 4.74 Å². The van der Waals surface area contributed by atoms with E-state index in [1.807, 2.05) is 24.3 Å². The Labute approximate surface area is 146 Å². The molecular weight excluding hydrogens is 322 g/mol. The highest BCUT2D eigenvalue weighted by Crippen LogP contribution is 2.34. The van der Waals surface area contributed by atoms with Crippen LogP contribution >= 0.6 is 0 Å². The van der Waals surface area contributed by atoms with E-state index >= 15 is 0 Å². The molecular formula is C18H23N3O4. The van der Waals surface area contributed by atoms with Crippen molar-refractivity contribution >= 4 is 23.6 Å². The van der Waals surface area contributed by atoms with Gasteiger partial charge in [0.25, 0.3) is 0 Å². The third-order valence-corrected chi connectivity index (χ3v) is 4.69.